The van der Waals surface area contributed by atoms with Gasteiger partial charge < -0.3 is 15.4 Å². The summed E-state index contributed by atoms with van der Waals surface area (Å²) >= 11 is 1.67. The summed E-state index contributed by atoms with van der Waals surface area (Å²) in [6.07, 6.45) is 2.07. The van der Waals surface area contributed by atoms with Crippen LogP contribution >= 0.6 is 11.9 Å². The lowest BCUT2D eigenvalue weighted by Gasteiger charge is -2.16. The Balaban J connectivity index is 2.07. The van der Waals surface area contributed by atoms with E-state index in [1.807, 2.05) is 31.7 Å². The molecule has 31 heavy (non-hydrogen) atoms. The summed E-state index contributed by atoms with van der Waals surface area (Å²) in [5, 5.41) is 10.5. The van der Waals surface area contributed by atoms with E-state index in [1.54, 1.807) is 31.9 Å². The zero-order valence-electron chi connectivity index (χ0n) is 18.8. The molecule has 0 aliphatic heterocycles. The predicted octanol–water partition coefficient (Wildman–Crippen LogP) is 4.54. The van der Waals surface area contributed by atoms with Crippen LogP contribution in [0.4, 0.5) is 4.39 Å². The molecule has 0 spiro atoms. The minimum atomic E-state index is -1.06. The fraction of sp³-hybridized carbons (Fsp3) is 0.375. The lowest BCUT2D eigenvalue weighted by Crippen LogP contribution is -2.17. The molecule has 0 radical (unpaired) electrons. The molecule has 1 aromatic carbocycles. The van der Waals surface area contributed by atoms with Gasteiger partial charge in [0.25, 0.3) is 0 Å². The number of rotatable bonds is 8. The lowest BCUT2D eigenvalue weighted by atomic mass is 10.0. The van der Waals surface area contributed by atoms with E-state index in [9.17, 15) is 9.50 Å². The van der Waals surface area contributed by atoms with Gasteiger partial charge in [0.2, 0.25) is 0 Å². The maximum absolute atomic E-state index is 14.3. The van der Waals surface area contributed by atoms with E-state index in [0.717, 1.165) is 27.9 Å². The average Bonchev–Trinajstić information content (AvgIpc) is 2.94. The van der Waals surface area contributed by atoms with Gasteiger partial charge in [0.1, 0.15) is 11.4 Å². The molecule has 0 saturated carbocycles. The van der Waals surface area contributed by atoms with E-state index in [0.29, 0.717) is 12.1 Å². The summed E-state index contributed by atoms with van der Waals surface area (Å²) in [5.41, 5.74) is 9.81. The van der Waals surface area contributed by atoms with Crippen molar-refractivity contribution in [2.24, 2.45) is 5.73 Å². The Labute approximate surface area is 187 Å². The average molecular weight is 443 g/mol. The van der Waals surface area contributed by atoms with Crippen LogP contribution < -0.4 is 5.73 Å². The van der Waals surface area contributed by atoms with Gasteiger partial charge in [0, 0.05) is 29.1 Å². The Morgan fingerprint density at radius 3 is 2.48 bits per heavy atom. The molecule has 0 aliphatic carbocycles. The monoisotopic (exact) mass is 442 g/mol. The van der Waals surface area contributed by atoms with E-state index >= 15 is 0 Å². The largest absolute Gasteiger partial charge is 0.384 e. The van der Waals surface area contributed by atoms with Crippen molar-refractivity contribution in [1.29, 1.82) is 0 Å². The summed E-state index contributed by atoms with van der Waals surface area (Å²) in [4.78, 5) is 5.96. The number of aliphatic hydroxyl groups is 1. The van der Waals surface area contributed by atoms with E-state index in [-0.39, 0.29) is 18.9 Å². The van der Waals surface area contributed by atoms with Gasteiger partial charge >= 0.3 is 0 Å². The molecule has 0 unspecified atom stereocenters. The van der Waals surface area contributed by atoms with Crippen LogP contribution in [0.15, 0.2) is 53.2 Å². The smallest absolute Gasteiger partial charge is 0.117 e. The molecule has 7 heteroatoms. The summed E-state index contributed by atoms with van der Waals surface area (Å²) in [7, 11) is 4.03. The van der Waals surface area contributed by atoms with Crippen LogP contribution in [0, 0.1) is 6.92 Å². The van der Waals surface area contributed by atoms with Crippen molar-refractivity contribution < 1.29 is 9.50 Å². The molecule has 2 aromatic heterocycles. The summed E-state index contributed by atoms with van der Waals surface area (Å²) in [6.45, 7) is 5.70. The van der Waals surface area contributed by atoms with Gasteiger partial charge in [-0.25, -0.2) is 9.37 Å². The number of fused-ring (bicyclic) bond motifs is 1. The number of hydrogen-bond donors (Lipinski definition) is 2. The number of hydrogen-bond acceptors (Lipinski definition) is 5. The number of aromatic nitrogens is 2. The summed E-state index contributed by atoms with van der Waals surface area (Å²) in [6, 6.07) is 12.2. The Kier molecular flexibility index (Phi) is 7.21. The van der Waals surface area contributed by atoms with Crippen molar-refractivity contribution in [3.8, 4) is 0 Å². The van der Waals surface area contributed by atoms with Gasteiger partial charge in [-0.05, 0) is 82.7 Å². The standard InChI is InChI=1S/C24H31FN4OS/c1-16-20(14-17-6-8-19(9-7-17)31-28(4)5)23-21(29(16)15-18(25)12-13-26)10-11-22(27-23)24(2,3)30/h6-12,30H,13-15,26H2,1-5H3/b18-12-. The zero-order chi connectivity index (χ0) is 22.8. The first-order valence-corrected chi connectivity index (χ1v) is 11.1. The number of allylic oxidation sites excluding steroid dienone is 1. The molecule has 2 heterocycles. The first-order chi connectivity index (χ1) is 14.6. The molecular formula is C24H31FN4OS. The first kappa shape index (κ1) is 23.5. The number of halogens is 1. The predicted molar refractivity (Wildman–Crippen MR) is 127 cm³/mol. The number of pyridine rings is 1. The van der Waals surface area contributed by atoms with Crippen molar-refractivity contribution in [3.05, 3.63) is 70.8 Å². The van der Waals surface area contributed by atoms with Crippen molar-refractivity contribution in [2.45, 2.75) is 44.2 Å². The molecule has 0 amide bonds. The number of nitrogens with two attached hydrogens (primary N) is 1. The van der Waals surface area contributed by atoms with Crippen LogP contribution in [0.3, 0.4) is 0 Å². The van der Waals surface area contributed by atoms with Crippen LogP contribution in [0.2, 0.25) is 0 Å². The highest BCUT2D eigenvalue weighted by molar-refractivity contribution is 7.97. The molecule has 0 saturated heterocycles. The van der Waals surface area contributed by atoms with E-state index in [2.05, 4.69) is 28.6 Å². The summed E-state index contributed by atoms with van der Waals surface area (Å²) in [5.74, 6) is -0.273. The summed E-state index contributed by atoms with van der Waals surface area (Å²) < 4.78 is 18.3. The first-order valence-electron chi connectivity index (χ1n) is 10.3. The second kappa shape index (κ2) is 9.53. The second-order valence-electron chi connectivity index (χ2n) is 8.38. The Morgan fingerprint density at radius 1 is 1.23 bits per heavy atom. The fourth-order valence-electron chi connectivity index (χ4n) is 3.59. The molecule has 3 rings (SSSR count). The maximum Gasteiger partial charge on any atom is 0.117 e. The zero-order valence-corrected chi connectivity index (χ0v) is 19.6. The topological polar surface area (TPSA) is 67.3 Å². The fourth-order valence-corrected chi connectivity index (χ4v) is 4.27. The number of benzene rings is 1. The Hall–Kier alpha value is -2.19. The molecular weight excluding hydrogens is 411 g/mol. The minimum absolute atomic E-state index is 0.113. The molecule has 0 fully saturated rings. The number of nitrogens with zero attached hydrogens (tertiary/aromatic N) is 3. The van der Waals surface area contributed by atoms with Gasteiger partial charge in [-0.1, -0.05) is 12.1 Å². The molecule has 0 atom stereocenters. The highest BCUT2D eigenvalue weighted by Crippen LogP contribution is 2.31. The molecule has 0 bridgehead atoms. The van der Waals surface area contributed by atoms with Crippen molar-refractivity contribution in [2.75, 3.05) is 20.6 Å². The Bertz CT molecular complexity index is 1080. The van der Waals surface area contributed by atoms with E-state index in [1.165, 1.54) is 11.0 Å². The van der Waals surface area contributed by atoms with Crippen LogP contribution in [0.1, 0.15) is 36.4 Å². The van der Waals surface area contributed by atoms with E-state index < -0.39 is 5.60 Å². The third-order valence-electron chi connectivity index (χ3n) is 5.16. The van der Waals surface area contributed by atoms with E-state index in [4.69, 9.17) is 10.7 Å². The second-order valence-corrected chi connectivity index (χ2v) is 9.77. The normalized spacial score (nSPS) is 12.9. The maximum atomic E-state index is 14.3. The van der Waals surface area contributed by atoms with Crippen molar-refractivity contribution in [3.63, 3.8) is 0 Å². The lowest BCUT2D eigenvalue weighted by molar-refractivity contribution is 0.0742. The molecule has 3 N–H and O–H groups in total. The third-order valence-corrected chi connectivity index (χ3v) is 6.01. The van der Waals surface area contributed by atoms with Crippen LogP contribution in [0.25, 0.3) is 11.0 Å². The Morgan fingerprint density at radius 2 is 1.90 bits per heavy atom. The highest BCUT2D eigenvalue weighted by Gasteiger charge is 2.22. The van der Waals surface area contributed by atoms with Crippen molar-refractivity contribution >= 4 is 23.0 Å². The third kappa shape index (κ3) is 5.54. The van der Waals surface area contributed by atoms with Crippen LogP contribution in [0.5, 0.6) is 0 Å². The minimum Gasteiger partial charge on any atom is -0.384 e. The van der Waals surface area contributed by atoms with Crippen LogP contribution in [-0.2, 0) is 18.6 Å². The van der Waals surface area contributed by atoms with Gasteiger partial charge in [-0.15, -0.1) is 0 Å². The van der Waals surface area contributed by atoms with Gasteiger partial charge in [-0.2, -0.15) is 0 Å². The molecule has 3 aromatic rings. The van der Waals surface area contributed by atoms with Crippen LogP contribution in [-0.4, -0.2) is 39.6 Å². The van der Waals surface area contributed by atoms with Gasteiger partial charge in [0.05, 0.1) is 23.3 Å². The molecule has 5 nitrogen and oxygen atoms in total. The van der Waals surface area contributed by atoms with Gasteiger partial charge in [0.15, 0.2) is 0 Å². The molecule has 166 valence electrons. The van der Waals surface area contributed by atoms with Gasteiger partial charge in [-0.3, -0.25) is 4.31 Å². The molecule has 0 aliphatic rings. The van der Waals surface area contributed by atoms with Crippen molar-refractivity contribution in [1.82, 2.24) is 13.9 Å². The SMILES string of the molecule is Cc1c(Cc2ccc(SN(C)C)cc2)c2nc(C(C)(C)O)ccc2n1C/C(F)=C/CN. The highest BCUT2D eigenvalue weighted by atomic mass is 32.2. The quantitative estimate of drug-likeness (QED) is 0.501.